The van der Waals surface area contributed by atoms with Crippen LogP contribution in [0.2, 0.25) is 0 Å². The number of alkyl halides is 3. The largest absolute Gasteiger partial charge is 0.450 e. The van der Waals surface area contributed by atoms with E-state index in [2.05, 4.69) is 10.3 Å². The third-order valence-electron chi connectivity index (χ3n) is 5.99. The number of carbonyl (C=O) groups excluding carboxylic acids is 3. The maximum atomic E-state index is 13.2. The molecule has 0 aliphatic carbocycles. The summed E-state index contributed by atoms with van der Waals surface area (Å²) in [6.45, 7) is 4.37. The van der Waals surface area contributed by atoms with Crippen LogP contribution in [-0.4, -0.2) is 70.0 Å². The Kier molecular flexibility index (Phi) is 7.71. The molecule has 202 valence electrons. The van der Waals surface area contributed by atoms with Crippen LogP contribution in [0, 0.1) is 6.92 Å². The SMILES string of the molecule is CCOC(=O)N1CCN(C(=O)c2sc3ncn(CC(=O)Nc4cccc(C(F)(F)F)c4)c(=O)c3c2C)CC1. The van der Waals surface area contributed by atoms with Crippen LogP contribution < -0.4 is 10.9 Å². The standard InChI is InChI=1S/C24H24F3N5O5S/c1-3-37-23(36)31-9-7-30(8-10-31)22(35)19-14(2)18-20(38-19)28-13-32(21(18)34)12-17(33)29-16-6-4-5-15(11-16)24(25,26)27/h4-6,11,13H,3,7-10,12H2,1-2H3,(H,29,33). The number of halogens is 3. The Morgan fingerprint density at radius 2 is 1.82 bits per heavy atom. The molecule has 3 heterocycles. The van der Waals surface area contributed by atoms with Crippen molar-refractivity contribution < 1.29 is 32.3 Å². The summed E-state index contributed by atoms with van der Waals surface area (Å²) in [5.41, 5.74) is -1.10. The number of hydrogen-bond donors (Lipinski definition) is 1. The van der Waals surface area contributed by atoms with E-state index in [1.165, 1.54) is 23.4 Å². The number of benzene rings is 1. The van der Waals surface area contributed by atoms with Gasteiger partial charge in [0.05, 0.1) is 28.8 Å². The van der Waals surface area contributed by atoms with E-state index in [-0.39, 0.29) is 23.6 Å². The second kappa shape index (κ2) is 10.8. The van der Waals surface area contributed by atoms with Crippen LogP contribution in [0.5, 0.6) is 0 Å². The van der Waals surface area contributed by atoms with Crippen LogP contribution in [-0.2, 0) is 22.3 Å². The molecule has 2 aromatic heterocycles. The lowest BCUT2D eigenvalue weighted by Gasteiger charge is -2.33. The number of anilines is 1. The molecule has 4 rings (SSSR count). The number of nitrogens with zero attached hydrogens (tertiary/aromatic N) is 4. The topological polar surface area (TPSA) is 114 Å². The van der Waals surface area contributed by atoms with Crippen molar-refractivity contribution in [3.8, 4) is 0 Å². The van der Waals surface area contributed by atoms with Crippen molar-refractivity contribution in [1.29, 1.82) is 0 Å². The maximum Gasteiger partial charge on any atom is 0.416 e. The van der Waals surface area contributed by atoms with E-state index in [4.69, 9.17) is 4.74 Å². The Balaban J connectivity index is 1.49. The third-order valence-corrected chi connectivity index (χ3v) is 7.18. The van der Waals surface area contributed by atoms with Crippen LogP contribution in [0.15, 0.2) is 35.4 Å². The zero-order valence-electron chi connectivity index (χ0n) is 20.5. The summed E-state index contributed by atoms with van der Waals surface area (Å²) in [6, 6.07) is 4.17. The first-order valence-corrected chi connectivity index (χ1v) is 12.5. The molecule has 1 aromatic carbocycles. The van der Waals surface area contributed by atoms with E-state index >= 15 is 0 Å². The molecule has 3 amide bonds. The van der Waals surface area contributed by atoms with Gasteiger partial charge in [0.2, 0.25) is 5.91 Å². The first-order chi connectivity index (χ1) is 18.0. The van der Waals surface area contributed by atoms with Crippen molar-refractivity contribution in [2.75, 3.05) is 38.1 Å². The third kappa shape index (κ3) is 5.64. The molecular formula is C24H24F3N5O5S. The van der Waals surface area contributed by atoms with E-state index < -0.39 is 35.8 Å². The smallest absolute Gasteiger partial charge is 0.416 e. The van der Waals surface area contributed by atoms with E-state index in [9.17, 15) is 32.3 Å². The molecule has 1 aliphatic heterocycles. The fourth-order valence-corrected chi connectivity index (χ4v) is 5.16. The minimum atomic E-state index is -4.56. The molecule has 38 heavy (non-hydrogen) atoms. The number of ether oxygens (including phenoxy) is 1. The van der Waals surface area contributed by atoms with Gasteiger partial charge in [0.15, 0.2) is 0 Å². The van der Waals surface area contributed by atoms with Crippen molar-refractivity contribution >= 4 is 45.1 Å². The highest BCUT2D eigenvalue weighted by Crippen LogP contribution is 2.31. The zero-order valence-corrected chi connectivity index (χ0v) is 21.3. The molecule has 1 saturated heterocycles. The van der Waals surface area contributed by atoms with Crippen molar-refractivity contribution in [2.24, 2.45) is 0 Å². The summed E-state index contributed by atoms with van der Waals surface area (Å²) in [6.07, 6.45) is -3.83. The normalized spacial score (nSPS) is 14.0. The molecule has 0 radical (unpaired) electrons. The number of aromatic nitrogens is 2. The monoisotopic (exact) mass is 551 g/mol. The van der Waals surface area contributed by atoms with Crippen LogP contribution in [0.25, 0.3) is 10.2 Å². The number of aryl methyl sites for hydroxylation is 1. The number of amides is 3. The van der Waals surface area contributed by atoms with Gasteiger partial charge >= 0.3 is 12.3 Å². The summed E-state index contributed by atoms with van der Waals surface area (Å²) in [4.78, 5) is 58.7. The summed E-state index contributed by atoms with van der Waals surface area (Å²) < 4.78 is 44.8. The average Bonchev–Trinajstić information content (AvgIpc) is 3.22. The number of hydrogen-bond acceptors (Lipinski definition) is 7. The first-order valence-electron chi connectivity index (χ1n) is 11.7. The molecule has 14 heteroatoms. The quantitative estimate of drug-likeness (QED) is 0.521. The Hall–Kier alpha value is -3.94. The molecule has 0 unspecified atom stereocenters. The van der Waals surface area contributed by atoms with Gasteiger partial charge in [-0.2, -0.15) is 13.2 Å². The molecule has 0 spiro atoms. The lowest BCUT2D eigenvalue weighted by molar-refractivity contribution is -0.137. The molecule has 1 fully saturated rings. The highest BCUT2D eigenvalue weighted by atomic mass is 32.1. The highest BCUT2D eigenvalue weighted by Gasteiger charge is 2.31. The van der Waals surface area contributed by atoms with Gasteiger partial charge in [0.25, 0.3) is 11.5 Å². The molecule has 1 N–H and O–H groups in total. The number of fused-ring (bicyclic) bond motifs is 1. The predicted octanol–water partition coefficient (Wildman–Crippen LogP) is 3.34. The van der Waals surface area contributed by atoms with Crippen molar-refractivity contribution in [3.05, 3.63) is 57.0 Å². The predicted molar refractivity (Wildman–Crippen MR) is 133 cm³/mol. The van der Waals surface area contributed by atoms with Crippen LogP contribution >= 0.6 is 11.3 Å². The minimum Gasteiger partial charge on any atom is -0.450 e. The van der Waals surface area contributed by atoms with E-state index in [1.807, 2.05) is 0 Å². The Labute approximate surface area is 218 Å². The number of rotatable bonds is 5. The first kappa shape index (κ1) is 27.1. The van der Waals surface area contributed by atoms with Crippen LogP contribution in [0.4, 0.5) is 23.7 Å². The molecule has 0 bridgehead atoms. The average molecular weight is 552 g/mol. The van der Waals surface area contributed by atoms with Gasteiger partial charge in [-0.1, -0.05) is 6.07 Å². The summed E-state index contributed by atoms with van der Waals surface area (Å²) >= 11 is 1.06. The minimum absolute atomic E-state index is 0.0606. The van der Waals surface area contributed by atoms with Gasteiger partial charge < -0.3 is 19.9 Å². The van der Waals surface area contributed by atoms with Gasteiger partial charge in [-0.15, -0.1) is 11.3 Å². The summed E-state index contributed by atoms with van der Waals surface area (Å²) in [5.74, 6) is -1.00. The summed E-state index contributed by atoms with van der Waals surface area (Å²) in [7, 11) is 0. The van der Waals surface area contributed by atoms with Crippen molar-refractivity contribution in [3.63, 3.8) is 0 Å². The fourth-order valence-electron chi connectivity index (χ4n) is 4.05. The second-order valence-electron chi connectivity index (χ2n) is 8.52. The van der Waals surface area contributed by atoms with Crippen molar-refractivity contribution in [1.82, 2.24) is 19.4 Å². The Morgan fingerprint density at radius 3 is 2.47 bits per heavy atom. The Morgan fingerprint density at radius 1 is 1.13 bits per heavy atom. The lowest BCUT2D eigenvalue weighted by Crippen LogP contribution is -2.50. The number of piperazine rings is 1. The fraction of sp³-hybridized carbons (Fsp3) is 0.375. The van der Waals surface area contributed by atoms with Gasteiger partial charge in [0, 0.05) is 31.9 Å². The molecule has 0 saturated carbocycles. The molecule has 10 nitrogen and oxygen atoms in total. The van der Waals surface area contributed by atoms with Crippen molar-refractivity contribution in [2.45, 2.75) is 26.6 Å². The lowest BCUT2D eigenvalue weighted by atomic mass is 10.2. The number of carbonyl (C=O) groups is 3. The van der Waals surface area contributed by atoms with E-state index in [1.54, 1.807) is 18.7 Å². The maximum absolute atomic E-state index is 13.2. The number of thiophene rings is 1. The molecule has 0 atom stereocenters. The van der Waals surface area contributed by atoms with Gasteiger partial charge in [-0.05, 0) is 37.6 Å². The Bertz CT molecular complexity index is 1440. The molecule has 3 aromatic rings. The van der Waals surface area contributed by atoms with Gasteiger partial charge in [-0.3, -0.25) is 19.0 Å². The molecule has 1 aliphatic rings. The van der Waals surface area contributed by atoms with Crippen LogP contribution in [0.1, 0.15) is 27.7 Å². The number of nitrogens with one attached hydrogen (secondary N) is 1. The van der Waals surface area contributed by atoms with Gasteiger partial charge in [-0.25, -0.2) is 9.78 Å². The van der Waals surface area contributed by atoms with Gasteiger partial charge in [0.1, 0.15) is 11.4 Å². The van der Waals surface area contributed by atoms with E-state index in [0.29, 0.717) is 41.5 Å². The zero-order chi connectivity index (χ0) is 27.6. The highest BCUT2D eigenvalue weighted by molar-refractivity contribution is 7.20. The second-order valence-corrected chi connectivity index (χ2v) is 9.52. The van der Waals surface area contributed by atoms with E-state index in [0.717, 1.165) is 28.0 Å². The molecular weight excluding hydrogens is 527 g/mol. The summed E-state index contributed by atoms with van der Waals surface area (Å²) in [5, 5.41) is 2.55. The van der Waals surface area contributed by atoms with Crippen LogP contribution in [0.3, 0.4) is 0 Å².